The van der Waals surface area contributed by atoms with E-state index < -0.39 is 27.2 Å². The summed E-state index contributed by atoms with van der Waals surface area (Å²) >= 11 is 0. The Morgan fingerprint density at radius 2 is 0.888 bits per heavy atom. The summed E-state index contributed by atoms with van der Waals surface area (Å²) in [4.78, 5) is 50.9. The number of hydrogen-bond acceptors (Lipinski definition) is 16. The number of esters is 2. The third-order valence-electron chi connectivity index (χ3n) is 15.4. The molecule has 7 aromatic carbocycles. The van der Waals surface area contributed by atoms with Crippen molar-refractivity contribution in [3.63, 3.8) is 0 Å². The topological polar surface area (TPSA) is 230 Å². The third kappa shape index (κ3) is 17.3. The first-order chi connectivity index (χ1) is 43.1. The Bertz CT molecular complexity index is 3460. The lowest BCUT2D eigenvalue weighted by molar-refractivity contribution is -0.385. The Morgan fingerprint density at radius 3 is 1.26 bits per heavy atom. The minimum atomic E-state index is -0.864. The van der Waals surface area contributed by atoms with E-state index in [4.69, 9.17) is 28.4 Å². The molecule has 0 aromatic heterocycles. The van der Waals surface area contributed by atoms with Crippen LogP contribution in [-0.4, -0.2) is 87.6 Å². The number of hydrogen-bond donors (Lipinski definition) is 0. The van der Waals surface area contributed by atoms with Crippen molar-refractivity contribution >= 4 is 46.8 Å². The molecule has 0 saturated carbocycles. The zero-order valence-electron chi connectivity index (χ0n) is 50.5. The van der Waals surface area contributed by atoms with Gasteiger partial charge in [-0.05, 0) is 143 Å². The molecule has 0 aliphatic heterocycles. The summed E-state index contributed by atoms with van der Waals surface area (Å²) in [6.07, 6.45) is 7.75. The molecule has 1 aliphatic rings. The van der Waals surface area contributed by atoms with Crippen molar-refractivity contribution in [1.82, 2.24) is 0 Å². The highest BCUT2D eigenvalue weighted by Crippen LogP contribution is 2.56. The highest BCUT2D eigenvalue weighted by atomic mass is 16.6. The number of rotatable bonds is 32. The first-order valence-corrected chi connectivity index (χ1v) is 29.7. The maximum atomic E-state index is 12.8. The van der Waals surface area contributed by atoms with Crippen LogP contribution in [0.25, 0.3) is 12.2 Å². The van der Waals surface area contributed by atoms with Crippen molar-refractivity contribution < 1.29 is 47.9 Å². The molecule has 89 heavy (non-hydrogen) atoms. The second-order valence-corrected chi connectivity index (χ2v) is 22.0. The smallest absolute Gasteiger partial charge is 0.354 e. The number of benzene rings is 7. The second-order valence-electron chi connectivity index (χ2n) is 22.0. The number of carbonyl (C=O) groups is 2. The van der Waals surface area contributed by atoms with Gasteiger partial charge >= 0.3 is 11.9 Å². The van der Waals surface area contributed by atoms with E-state index in [0.29, 0.717) is 63.9 Å². The maximum Gasteiger partial charge on any atom is 0.354 e. The number of anilines is 2. The van der Waals surface area contributed by atoms with Crippen molar-refractivity contribution in [1.29, 1.82) is 10.5 Å². The molecule has 18 heteroatoms. The van der Waals surface area contributed by atoms with Crippen molar-refractivity contribution in [2.24, 2.45) is 0 Å². The molecule has 0 heterocycles. The molecule has 0 saturated heterocycles. The summed E-state index contributed by atoms with van der Waals surface area (Å²) in [5.41, 5.74) is 6.91. The lowest BCUT2D eigenvalue weighted by atomic mass is 9.68. The number of non-ortho nitro benzene ring substituents is 2. The van der Waals surface area contributed by atoms with Crippen LogP contribution in [0.5, 0.6) is 23.0 Å². The SMILES string of the molecule is CCCCN(CCOCCOc1ccc(C2(c3ccc(OCCOCCN(CCCC)c4ccc(C=C(C#N)C(=O)Oc5ccc([N+](=O)[O-])cc5)cc4)cc3)CC(C)(C)c3ccccc32)cc1)c1ccc(C=C(C#N)C(=O)Oc2ccc([N+](=O)[O-])cc2)cc1. The highest BCUT2D eigenvalue weighted by molar-refractivity contribution is 6.00. The fraction of sp³-hybridized carbons (Fsp3) is 0.296. The molecular weight excluding hydrogens is 1130 g/mol. The number of nitro groups is 2. The van der Waals surface area contributed by atoms with Gasteiger partial charge in [-0.1, -0.05) is 113 Å². The van der Waals surface area contributed by atoms with Crippen LogP contribution in [0.3, 0.4) is 0 Å². The fourth-order valence-electron chi connectivity index (χ4n) is 10.8. The van der Waals surface area contributed by atoms with E-state index in [2.05, 4.69) is 86.0 Å². The summed E-state index contributed by atoms with van der Waals surface area (Å²) in [6, 6.07) is 54.6. The van der Waals surface area contributed by atoms with Crippen LogP contribution >= 0.6 is 0 Å². The van der Waals surface area contributed by atoms with Crippen molar-refractivity contribution in [2.75, 3.05) is 75.6 Å². The van der Waals surface area contributed by atoms with Crippen LogP contribution in [-0.2, 0) is 29.9 Å². The van der Waals surface area contributed by atoms with Gasteiger partial charge in [0.1, 0.15) is 59.5 Å². The van der Waals surface area contributed by atoms with Gasteiger partial charge in [0, 0.05) is 67.2 Å². The van der Waals surface area contributed by atoms with Crippen LogP contribution in [0.15, 0.2) is 181 Å². The summed E-state index contributed by atoms with van der Waals surface area (Å²) in [7, 11) is 0. The van der Waals surface area contributed by atoms with E-state index in [0.717, 1.165) is 68.1 Å². The highest BCUT2D eigenvalue weighted by Gasteiger charge is 2.49. The molecule has 0 radical (unpaired) electrons. The lowest BCUT2D eigenvalue weighted by Crippen LogP contribution is -2.29. The van der Waals surface area contributed by atoms with Crippen LogP contribution in [0.2, 0.25) is 0 Å². The van der Waals surface area contributed by atoms with E-state index >= 15 is 0 Å². The molecule has 0 unspecified atom stereocenters. The van der Waals surface area contributed by atoms with Gasteiger partial charge < -0.3 is 38.2 Å². The van der Waals surface area contributed by atoms with E-state index in [-0.39, 0.29) is 39.4 Å². The van der Waals surface area contributed by atoms with Gasteiger partial charge in [0.15, 0.2) is 0 Å². The predicted molar refractivity (Wildman–Crippen MR) is 341 cm³/mol. The number of ether oxygens (including phenoxy) is 6. The van der Waals surface area contributed by atoms with Crippen LogP contribution in [0.4, 0.5) is 22.7 Å². The molecule has 1 aliphatic carbocycles. The third-order valence-corrected chi connectivity index (χ3v) is 15.4. The van der Waals surface area contributed by atoms with Crippen LogP contribution < -0.4 is 28.7 Å². The zero-order chi connectivity index (χ0) is 63.2. The van der Waals surface area contributed by atoms with E-state index in [9.17, 15) is 40.3 Å². The molecule has 0 atom stereocenters. The van der Waals surface area contributed by atoms with Crippen molar-refractivity contribution in [2.45, 2.75) is 70.6 Å². The summed E-state index contributed by atoms with van der Waals surface area (Å²) in [5.74, 6) is -0.0519. The molecule has 0 fully saturated rings. The number of unbranched alkanes of at least 4 members (excludes halogenated alkanes) is 2. The Balaban J connectivity index is 0.812. The predicted octanol–water partition coefficient (Wildman–Crippen LogP) is 13.9. The van der Waals surface area contributed by atoms with Crippen molar-refractivity contribution in [3.05, 3.63) is 235 Å². The Labute approximate surface area is 519 Å². The van der Waals surface area contributed by atoms with Gasteiger partial charge in [-0.25, -0.2) is 9.59 Å². The Hall–Kier alpha value is -10.1. The summed E-state index contributed by atoms with van der Waals surface area (Å²) in [5, 5.41) is 41.4. The number of fused-ring (bicyclic) bond motifs is 1. The number of nitro benzene ring substituents is 2. The first kappa shape index (κ1) is 64.8. The number of carbonyl (C=O) groups excluding carboxylic acids is 2. The molecule has 7 aromatic rings. The Morgan fingerprint density at radius 1 is 0.506 bits per heavy atom. The van der Waals surface area contributed by atoms with E-state index in [1.54, 1.807) is 0 Å². The maximum absolute atomic E-state index is 12.8. The monoisotopic (exact) mass is 1200 g/mol. The number of nitriles is 2. The van der Waals surface area contributed by atoms with Crippen molar-refractivity contribution in [3.8, 4) is 35.1 Å². The quantitative estimate of drug-likeness (QED) is 0.00726. The first-order valence-electron chi connectivity index (χ1n) is 29.7. The van der Waals surface area contributed by atoms with Gasteiger partial charge in [0.25, 0.3) is 11.4 Å². The molecule has 18 nitrogen and oxygen atoms in total. The normalized spacial score (nSPS) is 14.1. The molecular formula is C71H72N6O12. The van der Waals surface area contributed by atoms with E-state index in [1.165, 1.54) is 82.9 Å². The van der Waals surface area contributed by atoms with E-state index in [1.807, 2.05) is 84.9 Å². The minimum absolute atomic E-state index is 0.0912. The lowest BCUT2D eigenvalue weighted by Gasteiger charge is -2.34. The van der Waals surface area contributed by atoms with Gasteiger partial charge in [-0.15, -0.1) is 0 Å². The van der Waals surface area contributed by atoms with Gasteiger partial charge in [-0.2, -0.15) is 10.5 Å². The molecule has 0 amide bonds. The average molecular weight is 1200 g/mol. The number of nitrogens with zero attached hydrogens (tertiary/aromatic N) is 6. The average Bonchev–Trinajstić information content (AvgIpc) is 1.60. The standard InChI is InChI=1S/C71H72N6O12/c1-5-7-37-74(58-21-13-52(14-22-58)47-54(49-72)68(78)88-64-33-25-60(26-34-64)76(80)81)39-41-84-43-45-86-62-29-17-56(18-30-62)71(51-70(3,4)66-11-9-10-12-67(66)71)57-19-31-63(32-20-57)87-46-44-85-42-40-75(38-8-6-2)59-23-15-53(16-24-59)48-55(50-73)69(79)89-65-35-27-61(28-36-65)77(82)83/h9-36,47-48H,5-8,37-46,51H2,1-4H3. The Kier molecular flexibility index (Phi) is 22.9. The van der Waals surface area contributed by atoms with Gasteiger partial charge in [-0.3, -0.25) is 20.2 Å². The molecule has 0 N–H and O–H groups in total. The second kappa shape index (κ2) is 31.5. The summed E-state index contributed by atoms with van der Waals surface area (Å²) in [6.45, 7) is 14.3. The van der Waals surface area contributed by atoms with Crippen LogP contribution in [0.1, 0.15) is 93.2 Å². The zero-order valence-corrected chi connectivity index (χ0v) is 50.5. The minimum Gasteiger partial charge on any atom is -0.491 e. The van der Waals surface area contributed by atoms with Gasteiger partial charge in [0.05, 0.1) is 36.3 Å². The molecule has 458 valence electrons. The van der Waals surface area contributed by atoms with Crippen LogP contribution in [0, 0.1) is 42.9 Å². The molecule has 0 bridgehead atoms. The molecule has 8 rings (SSSR count). The largest absolute Gasteiger partial charge is 0.491 e. The summed E-state index contributed by atoms with van der Waals surface area (Å²) < 4.78 is 35.2. The fourth-order valence-corrected chi connectivity index (χ4v) is 10.8. The van der Waals surface area contributed by atoms with Gasteiger partial charge in [0.2, 0.25) is 0 Å². The molecule has 0 spiro atoms.